The second-order valence-electron chi connectivity index (χ2n) is 3.82. The lowest BCUT2D eigenvalue weighted by Crippen LogP contribution is -2.17. The number of halogens is 1. The molecule has 2 heteroatoms. The molecule has 78 valence electrons. The maximum absolute atomic E-state index is 5.84. The molecule has 1 N–H and O–H groups in total. The highest BCUT2D eigenvalue weighted by atomic mass is 35.5. The van der Waals surface area contributed by atoms with E-state index in [9.17, 15) is 0 Å². The van der Waals surface area contributed by atoms with E-state index in [2.05, 4.69) is 43.4 Å². The Morgan fingerprint density at radius 1 is 1.14 bits per heavy atom. The van der Waals surface area contributed by atoms with Crippen molar-refractivity contribution in [1.29, 1.82) is 0 Å². The van der Waals surface area contributed by atoms with Gasteiger partial charge in [-0.2, -0.15) is 0 Å². The Morgan fingerprint density at radius 3 is 2.00 bits per heavy atom. The number of nitrogens with one attached hydrogen (secondary N) is 1. The fourth-order valence-electron chi connectivity index (χ4n) is 1.45. The largest absolute Gasteiger partial charge is 0.312 e. The van der Waals surface area contributed by atoms with Gasteiger partial charge in [-0.3, -0.25) is 0 Å². The van der Waals surface area contributed by atoms with E-state index in [0.29, 0.717) is 11.8 Å². The van der Waals surface area contributed by atoms with Crippen molar-refractivity contribution in [3.05, 3.63) is 35.4 Å². The molecular formula is C12H18ClN. The van der Waals surface area contributed by atoms with Crippen LogP contribution in [0, 0.1) is 0 Å². The molecule has 0 aliphatic rings. The van der Waals surface area contributed by atoms with E-state index in [0.717, 1.165) is 0 Å². The molecule has 1 rings (SSSR count). The van der Waals surface area contributed by atoms with Gasteiger partial charge < -0.3 is 5.32 Å². The molecule has 0 bridgehead atoms. The average molecular weight is 212 g/mol. The van der Waals surface area contributed by atoms with Gasteiger partial charge in [-0.25, -0.2) is 0 Å². The van der Waals surface area contributed by atoms with Crippen molar-refractivity contribution < 1.29 is 0 Å². The zero-order valence-corrected chi connectivity index (χ0v) is 9.81. The summed E-state index contributed by atoms with van der Waals surface area (Å²) in [5.74, 6) is 1.20. The Morgan fingerprint density at radius 2 is 1.64 bits per heavy atom. The SMILES string of the molecule is CNC(CCl)c1ccc(C(C)C)cc1. The Labute approximate surface area is 91.5 Å². The Kier molecular flexibility index (Phi) is 4.43. The van der Waals surface area contributed by atoms with Crippen molar-refractivity contribution in [1.82, 2.24) is 5.32 Å². The van der Waals surface area contributed by atoms with Crippen LogP contribution in [0.25, 0.3) is 0 Å². The van der Waals surface area contributed by atoms with Crippen LogP contribution in [0.1, 0.15) is 36.9 Å². The van der Waals surface area contributed by atoms with E-state index in [4.69, 9.17) is 11.6 Å². The van der Waals surface area contributed by atoms with Crippen LogP contribution in [0.3, 0.4) is 0 Å². The lowest BCUT2D eigenvalue weighted by atomic mass is 10.00. The highest BCUT2D eigenvalue weighted by Gasteiger charge is 2.07. The smallest absolute Gasteiger partial charge is 0.0455 e. The normalized spacial score (nSPS) is 13.2. The van der Waals surface area contributed by atoms with Gasteiger partial charge in [0.25, 0.3) is 0 Å². The van der Waals surface area contributed by atoms with Gasteiger partial charge >= 0.3 is 0 Å². The van der Waals surface area contributed by atoms with E-state index < -0.39 is 0 Å². The number of alkyl halides is 1. The first-order chi connectivity index (χ1) is 6.69. The fourth-order valence-corrected chi connectivity index (χ4v) is 1.78. The van der Waals surface area contributed by atoms with Crippen molar-refractivity contribution in [2.24, 2.45) is 0 Å². The minimum absolute atomic E-state index is 0.262. The molecule has 0 aliphatic heterocycles. The molecule has 0 saturated heterocycles. The molecule has 1 nitrogen and oxygen atoms in total. The summed E-state index contributed by atoms with van der Waals surface area (Å²) >= 11 is 5.84. The number of hydrogen-bond acceptors (Lipinski definition) is 1. The van der Waals surface area contributed by atoms with Gasteiger partial charge in [0.15, 0.2) is 0 Å². The molecule has 1 aromatic carbocycles. The quantitative estimate of drug-likeness (QED) is 0.754. The molecule has 0 spiro atoms. The zero-order valence-electron chi connectivity index (χ0n) is 9.05. The molecule has 1 aromatic rings. The third-order valence-electron chi connectivity index (χ3n) is 2.51. The molecular weight excluding hydrogens is 194 g/mol. The van der Waals surface area contributed by atoms with Gasteiger partial charge in [0.1, 0.15) is 0 Å². The van der Waals surface area contributed by atoms with Gasteiger partial charge in [0.05, 0.1) is 0 Å². The van der Waals surface area contributed by atoms with Crippen molar-refractivity contribution in [3.8, 4) is 0 Å². The van der Waals surface area contributed by atoms with E-state index in [1.807, 2.05) is 7.05 Å². The lowest BCUT2D eigenvalue weighted by Gasteiger charge is -2.14. The summed E-state index contributed by atoms with van der Waals surface area (Å²) in [6, 6.07) is 8.92. The molecule has 1 atom stereocenters. The number of benzene rings is 1. The first kappa shape index (κ1) is 11.5. The van der Waals surface area contributed by atoms with Crippen molar-refractivity contribution in [2.75, 3.05) is 12.9 Å². The van der Waals surface area contributed by atoms with Gasteiger partial charge in [0, 0.05) is 11.9 Å². The summed E-state index contributed by atoms with van der Waals surface area (Å²) in [7, 11) is 1.93. The van der Waals surface area contributed by atoms with E-state index >= 15 is 0 Å². The van der Waals surface area contributed by atoms with Crippen LogP contribution in [-0.2, 0) is 0 Å². The molecule has 14 heavy (non-hydrogen) atoms. The predicted molar refractivity (Wildman–Crippen MR) is 63.1 cm³/mol. The van der Waals surface area contributed by atoms with Crippen LogP contribution < -0.4 is 5.32 Å². The molecule has 0 aromatic heterocycles. The third kappa shape index (κ3) is 2.73. The van der Waals surface area contributed by atoms with Crippen molar-refractivity contribution in [3.63, 3.8) is 0 Å². The second kappa shape index (κ2) is 5.38. The highest BCUT2D eigenvalue weighted by molar-refractivity contribution is 6.18. The van der Waals surface area contributed by atoms with Gasteiger partial charge in [-0.15, -0.1) is 11.6 Å². The molecule has 0 saturated carbocycles. The maximum Gasteiger partial charge on any atom is 0.0455 e. The standard InChI is InChI=1S/C12H18ClN/c1-9(2)10-4-6-11(7-5-10)12(8-13)14-3/h4-7,9,12,14H,8H2,1-3H3. The van der Waals surface area contributed by atoms with E-state index in [1.165, 1.54) is 11.1 Å². The minimum atomic E-state index is 0.262. The van der Waals surface area contributed by atoms with Crippen molar-refractivity contribution in [2.45, 2.75) is 25.8 Å². The summed E-state index contributed by atoms with van der Waals surface area (Å²) in [6.07, 6.45) is 0. The summed E-state index contributed by atoms with van der Waals surface area (Å²) in [6.45, 7) is 4.40. The summed E-state index contributed by atoms with van der Waals surface area (Å²) in [5.41, 5.74) is 2.63. The van der Waals surface area contributed by atoms with Gasteiger partial charge in [-0.1, -0.05) is 38.1 Å². The number of rotatable bonds is 4. The molecule has 0 amide bonds. The van der Waals surface area contributed by atoms with Crippen LogP contribution in [0.2, 0.25) is 0 Å². The predicted octanol–water partition coefficient (Wildman–Crippen LogP) is 3.31. The highest BCUT2D eigenvalue weighted by Crippen LogP contribution is 2.19. The van der Waals surface area contributed by atoms with Gasteiger partial charge in [-0.05, 0) is 24.1 Å². The Balaban J connectivity index is 2.81. The van der Waals surface area contributed by atoms with Crippen LogP contribution in [0.4, 0.5) is 0 Å². The monoisotopic (exact) mass is 211 g/mol. The number of hydrogen-bond donors (Lipinski definition) is 1. The van der Waals surface area contributed by atoms with Crippen LogP contribution in [-0.4, -0.2) is 12.9 Å². The minimum Gasteiger partial charge on any atom is -0.312 e. The first-order valence-electron chi connectivity index (χ1n) is 5.02. The average Bonchev–Trinajstić information content (AvgIpc) is 2.20. The molecule has 0 aliphatic carbocycles. The summed E-state index contributed by atoms with van der Waals surface area (Å²) in [4.78, 5) is 0. The molecule has 0 heterocycles. The molecule has 0 fully saturated rings. The summed E-state index contributed by atoms with van der Waals surface area (Å²) in [5, 5.41) is 3.18. The van der Waals surface area contributed by atoms with Gasteiger partial charge in [0.2, 0.25) is 0 Å². The maximum atomic E-state index is 5.84. The zero-order chi connectivity index (χ0) is 10.6. The first-order valence-corrected chi connectivity index (χ1v) is 5.55. The topological polar surface area (TPSA) is 12.0 Å². The van der Waals surface area contributed by atoms with Crippen molar-refractivity contribution >= 4 is 11.6 Å². The second-order valence-corrected chi connectivity index (χ2v) is 4.13. The van der Waals surface area contributed by atoms with Crippen LogP contribution >= 0.6 is 11.6 Å². The third-order valence-corrected chi connectivity index (χ3v) is 2.82. The van der Waals surface area contributed by atoms with E-state index in [1.54, 1.807) is 0 Å². The fraction of sp³-hybridized carbons (Fsp3) is 0.500. The Bertz CT molecular complexity index is 262. The van der Waals surface area contributed by atoms with Crippen LogP contribution in [0.15, 0.2) is 24.3 Å². The van der Waals surface area contributed by atoms with E-state index in [-0.39, 0.29) is 6.04 Å². The molecule has 0 radical (unpaired) electrons. The summed E-state index contributed by atoms with van der Waals surface area (Å²) < 4.78 is 0. The lowest BCUT2D eigenvalue weighted by molar-refractivity contribution is 0.658. The Hall–Kier alpha value is -0.530. The molecule has 1 unspecified atom stereocenters. The van der Waals surface area contributed by atoms with Crippen LogP contribution in [0.5, 0.6) is 0 Å².